The number of nitrogens with zero attached hydrogens (tertiary/aromatic N) is 3. The third-order valence-corrected chi connectivity index (χ3v) is 5.90. The van der Waals surface area contributed by atoms with Crippen LogP contribution in [0.15, 0.2) is 67.0 Å². The lowest BCUT2D eigenvalue weighted by atomic mass is 9.75. The lowest BCUT2D eigenvalue weighted by Gasteiger charge is -2.42. The van der Waals surface area contributed by atoms with Gasteiger partial charge in [0.1, 0.15) is 5.82 Å². The molecular weight excluding hydrogens is 370 g/mol. The first-order chi connectivity index (χ1) is 13.7. The molecule has 3 aromatic rings. The minimum Gasteiger partial charge on any atom is -0.396 e. The monoisotopic (exact) mass is 395 g/mol. The van der Waals surface area contributed by atoms with E-state index >= 15 is 0 Å². The number of aliphatic hydroxyl groups is 1. The Labute approximate surface area is 171 Å². The molecule has 0 unspecified atom stereocenters. The number of pyridine rings is 1. The van der Waals surface area contributed by atoms with Gasteiger partial charge in [0.05, 0.1) is 11.6 Å². The van der Waals surface area contributed by atoms with Gasteiger partial charge in [-0.3, -0.25) is 4.90 Å². The van der Waals surface area contributed by atoms with Crippen molar-refractivity contribution in [1.82, 2.24) is 14.5 Å². The van der Waals surface area contributed by atoms with E-state index in [2.05, 4.69) is 50.8 Å². The first kappa shape index (κ1) is 19.2. The summed E-state index contributed by atoms with van der Waals surface area (Å²) < 4.78 is 2.11. The van der Waals surface area contributed by atoms with Crippen molar-refractivity contribution in [3.8, 4) is 5.82 Å². The molecule has 146 valence electrons. The molecule has 2 aromatic heterocycles. The highest BCUT2D eigenvalue weighted by Gasteiger charge is 2.35. The minimum absolute atomic E-state index is 0.0739. The van der Waals surface area contributed by atoms with Crippen molar-refractivity contribution in [3.05, 3.63) is 83.3 Å². The zero-order chi connectivity index (χ0) is 19.4. The van der Waals surface area contributed by atoms with Gasteiger partial charge in [-0.2, -0.15) is 0 Å². The van der Waals surface area contributed by atoms with Crippen LogP contribution in [-0.2, 0) is 13.0 Å². The van der Waals surface area contributed by atoms with E-state index in [1.807, 2.05) is 24.4 Å². The maximum absolute atomic E-state index is 10.3. The molecule has 1 atom stereocenters. The molecule has 4 nitrogen and oxygen atoms in total. The fraction of sp³-hybridized carbons (Fsp3) is 0.348. The minimum atomic E-state index is -0.0739. The zero-order valence-electron chi connectivity index (χ0n) is 16.0. The Morgan fingerprint density at radius 2 is 1.93 bits per heavy atom. The number of hydrogen-bond acceptors (Lipinski definition) is 3. The van der Waals surface area contributed by atoms with Crippen LogP contribution in [0.3, 0.4) is 0 Å². The van der Waals surface area contributed by atoms with Crippen molar-refractivity contribution < 1.29 is 5.11 Å². The molecule has 3 heterocycles. The third-order valence-electron chi connectivity index (χ3n) is 5.68. The van der Waals surface area contributed by atoms with Gasteiger partial charge in [-0.25, -0.2) is 4.98 Å². The number of piperidine rings is 1. The van der Waals surface area contributed by atoms with Crippen molar-refractivity contribution in [1.29, 1.82) is 0 Å². The van der Waals surface area contributed by atoms with Crippen LogP contribution in [0.1, 0.15) is 24.1 Å². The molecule has 0 spiro atoms. The fourth-order valence-electron chi connectivity index (χ4n) is 4.31. The van der Waals surface area contributed by atoms with Crippen LogP contribution in [-0.4, -0.2) is 39.3 Å². The predicted molar refractivity (Wildman–Crippen MR) is 113 cm³/mol. The second-order valence-corrected chi connectivity index (χ2v) is 8.28. The summed E-state index contributed by atoms with van der Waals surface area (Å²) in [4.78, 5) is 6.91. The first-order valence-corrected chi connectivity index (χ1v) is 10.2. The van der Waals surface area contributed by atoms with Gasteiger partial charge >= 0.3 is 0 Å². The Bertz CT molecular complexity index is 894. The summed E-state index contributed by atoms with van der Waals surface area (Å²) in [6.45, 7) is 3.01. The van der Waals surface area contributed by atoms with Crippen LogP contribution in [0.2, 0.25) is 5.02 Å². The van der Waals surface area contributed by atoms with Gasteiger partial charge in [0, 0.05) is 36.6 Å². The molecule has 4 rings (SSSR count). The van der Waals surface area contributed by atoms with E-state index in [-0.39, 0.29) is 12.0 Å². The molecule has 1 saturated heterocycles. The average molecular weight is 396 g/mol. The third kappa shape index (κ3) is 4.30. The van der Waals surface area contributed by atoms with Crippen LogP contribution in [0.4, 0.5) is 0 Å². The number of rotatable bonds is 6. The average Bonchev–Trinajstić information content (AvgIpc) is 3.17. The molecule has 1 N–H and O–H groups in total. The van der Waals surface area contributed by atoms with E-state index in [1.54, 1.807) is 6.20 Å². The molecule has 0 aliphatic carbocycles. The fourth-order valence-corrected chi connectivity index (χ4v) is 4.42. The van der Waals surface area contributed by atoms with Crippen molar-refractivity contribution in [2.24, 2.45) is 5.41 Å². The smallest absolute Gasteiger partial charge is 0.136 e. The van der Waals surface area contributed by atoms with Crippen molar-refractivity contribution in [2.45, 2.75) is 25.8 Å². The molecular formula is C23H26ClN3O. The number of benzene rings is 1. The Kier molecular flexibility index (Phi) is 5.81. The largest absolute Gasteiger partial charge is 0.396 e. The lowest BCUT2D eigenvalue weighted by Crippen LogP contribution is -2.46. The summed E-state index contributed by atoms with van der Waals surface area (Å²) in [5.74, 6) is 0.874. The highest BCUT2D eigenvalue weighted by atomic mass is 35.5. The van der Waals surface area contributed by atoms with Gasteiger partial charge in [0.2, 0.25) is 0 Å². The van der Waals surface area contributed by atoms with Crippen molar-refractivity contribution >= 4 is 11.6 Å². The van der Waals surface area contributed by atoms with Crippen LogP contribution in [0.25, 0.3) is 5.82 Å². The van der Waals surface area contributed by atoms with Gasteiger partial charge in [0.25, 0.3) is 0 Å². The SMILES string of the molecule is OC[C@@]1(Cc2ccccc2)CCCN(Cc2cccn2-c2ccc(Cl)cn2)C1. The molecule has 0 saturated carbocycles. The van der Waals surface area contributed by atoms with E-state index in [1.165, 1.54) is 11.3 Å². The predicted octanol–water partition coefficient (Wildman–Crippen LogP) is 4.34. The van der Waals surface area contributed by atoms with Gasteiger partial charge in [-0.15, -0.1) is 0 Å². The number of halogens is 1. The quantitative estimate of drug-likeness (QED) is 0.674. The number of aliphatic hydroxyl groups excluding tert-OH is 1. The Morgan fingerprint density at radius 3 is 2.68 bits per heavy atom. The highest BCUT2D eigenvalue weighted by Crippen LogP contribution is 2.34. The highest BCUT2D eigenvalue weighted by molar-refractivity contribution is 6.30. The van der Waals surface area contributed by atoms with Gasteiger partial charge in [0.15, 0.2) is 0 Å². The summed E-state index contributed by atoms with van der Waals surface area (Å²) in [7, 11) is 0. The molecule has 1 aliphatic rings. The summed E-state index contributed by atoms with van der Waals surface area (Å²) in [6.07, 6.45) is 6.81. The molecule has 1 aliphatic heterocycles. The molecule has 0 bridgehead atoms. The van der Waals surface area contributed by atoms with Crippen LogP contribution in [0, 0.1) is 5.41 Å². The summed E-state index contributed by atoms with van der Waals surface area (Å²) in [5, 5.41) is 10.9. The molecule has 0 amide bonds. The normalized spacial score (nSPS) is 20.4. The summed E-state index contributed by atoms with van der Waals surface area (Å²) >= 11 is 5.98. The van der Waals surface area contributed by atoms with E-state index in [9.17, 15) is 5.11 Å². The van der Waals surface area contributed by atoms with Gasteiger partial charge in [-0.1, -0.05) is 41.9 Å². The van der Waals surface area contributed by atoms with Crippen molar-refractivity contribution in [2.75, 3.05) is 19.7 Å². The standard InChI is InChI=1S/C23H26ClN3O/c24-20-9-10-22(25-15-20)27-13-4-8-21(27)16-26-12-5-11-23(17-26,18-28)14-19-6-2-1-3-7-19/h1-4,6-10,13,15,28H,5,11-12,14,16-18H2/t23-/m1/s1. The van der Waals surface area contributed by atoms with E-state index in [4.69, 9.17) is 11.6 Å². The topological polar surface area (TPSA) is 41.3 Å². The molecule has 0 radical (unpaired) electrons. The Hall–Kier alpha value is -2.14. The Balaban J connectivity index is 1.50. The maximum Gasteiger partial charge on any atom is 0.136 e. The molecule has 1 fully saturated rings. The number of aromatic nitrogens is 2. The zero-order valence-corrected chi connectivity index (χ0v) is 16.7. The molecule has 1 aromatic carbocycles. The van der Waals surface area contributed by atoms with E-state index in [0.29, 0.717) is 5.02 Å². The second-order valence-electron chi connectivity index (χ2n) is 7.84. The van der Waals surface area contributed by atoms with Crippen molar-refractivity contribution in [3.63, 3.8) is 0 Å². The second kappa shape index (κ2) is 8.48. The molecule has 28 heavy (non-hydrogen) atoms. The molecule has 5 heteroatoms. The van der Waals surface area contributed by atoms with Gasteiger partial charge in [-0.05, 0) is 55.6 Å². The van der Waals surface area contributed by atoms with Gasteiger partial charge < -0.3 is 9.67 Å². The number of likely N-dealkylation sites (tertiary alicyclic amines) is 1. The Morgan fingerprint density at radius 1 is 1.07 bits per heavy atom. The maximum atomic E-state index is 10.3. The number of hydrogen-bond donors (Lipinski definition) is 1. The summed E-state index contributed by atoms with van der Waals surface area (Å²) in [6, 6.07) is 18.5. The summed E-state index contributed by atoms with van der Waals surface area (Å²) in [5.41, 5.74) is 2.42. The lowest BCUT2D eigenvalue weighted by molar-refractivity contribution is 0.0281. The van der Waals surface area contributed by atoms with Crippen LogP contribution < -0.4 is 0 Å². The van der Waals surface area contributed by atoms with E-state index < -0.39 is 0 Å². The van der Waals surface area contributed by atoms with E-state index in [0.717, 1.165) is 44.7 Å². The van der Waals surface area contributed by atoms with Crippen LogP contribution >= 0.6 is 11.6 Å². The van der Waals surface area contributed by atoms with Crippen LogP contribution in [0.5, 0.6) is 0 Å². The first-order valence-electron chi connectivity index (χ1n) is 9.83.